The van der Waals surface area contributed by atoms with Crippen molar-refractivity contribution in [1.82, 2.24) is 9.88 Å². The maximum absolute atomic E-state index is 12.1. The van der Waals surface area contributed by atoms with E-state index in [1.165, 1.54) is 12.1 Å². The average Bonchev–Trinajstić information content (AvgIpc) is 2.89. The number of sulfonamides is 1. The van der Waals surface area contributed by atoms with Crippen LogP contribution in [0, 0.1) is 18.8 Å². The number of benzene rings is 1. The zero-order valence-electron chi connectivity index (χ0n) is 11.5. The first kappa shape index (κ1) is 15.3. The SMILES string of the molecule is Cc1cc(CNS(=O)(=O)c2ccc(C#CCN)cc2)on1. The van der Waals surface area contributed by atoms with Gasteiger partial charge in [-0.3, -0.25) is 0 Å². The molecule has 1 heterocycles. The third-order valence-corrected chi connectivity index (χ3v) is 4.03. The molecule has 0 aliphatic rings. The summed E-state index contributed by atoms with van der Waals surface area (Å²) in [5.74, 6) is 5.99. The van der Waals surface area contributed by atoms with Crippen LogP contribution >= 0.6 is 0 Å². The fraction of sp³-hybridized carbons (Fsp3) is 0.214. The summed E-state index contributed by atoms with van der Waals surface area (Å²) >= 11 is 0. The maximum Gasteiger partial charge on any atom is 0.240 e. The Morgan fingerprint density at radius 1 is 1.33 bits per heavy atom. The second kappa shape index (κ2) is 6.54. The number of hydrogen-bond donors (Lipinski definition) is 2. The van der Waals surface area contributed by atoms with E-state index >= 15 is 0 Å². The molecule has 0 atom stereocenters. The summed E-state index contributed by atoms with van der Waals surface area (Å²) in [5, 5.41) is 3.69. The Labute approximate surface area is 123 Å². The summed E-state index contributed by atoms with van der Waals surface area (Å²) in [7, 11) is -3.60. The van der Waals surface area contributed by atoms with Gasteiger partial charge in [0.25, 0.3) is 0 Å². The molecular formula is C14H15N3O3S. The minimum atomic E-state index is -3.60. The molecule has 0 unspecified atom stereocenters. The molecule has 0 bridgehead atoms. The van der Waals surface area contributed by atoms with Gasteiger partial charge in [-0.05, 0) is 31.2 Å². The summed E-state index contributed by atoms with van der Waals surface area (Å²) in [4.78, 5) is 0.164. The predicted octanol–water partition coefficient (Wildman–Crippen LogP) is 0.772. The van der Waals surface area contributed by atoms with Gasteiger partial charge in [0, 0.05) is 11.6 Å². The number of rotatable bonds is 4. The van der Waals surface area contributed by atoms with E-state index in [4.69, 9.17) is 10.3 Å². The minimum absolute atomic E-state index is 0.0535. The van der Waals surface area contributed by atoms with E-state index in [0.29, 0.717) is 17.0 Å². The normalized spacial score (nSPS) is 11.0. The van der Waals surface area contributed by atoms with Gasteiger partial charge in [-0.1, -0.05) is 17.0 Å². The van der Waals surface area contributed by atoms with Crippen LogP contribution in [-0.2, 0) is 16.6 Å². The van der Waals surface area contributed by atoms with Crippen LogP contribution in [0.25, 0.3) is 0 Å². The van der Waals surface area contributed by atoms with Crippen LogP contribution in [0.1, 0.15) is 17.0 Å². The third kappa shape index (κ3) is 4.16. The van der Waals surface area contributed by atoms with Gasteiger partial charge < -0.3 is 10.3 Å². The van der Waals surface area contributed by atoms with Crippen LogP contribution in [0.15, 0.2) is 39.8 Å². The lowest BCUT2D eigenvalue weighted by Gasteiger charge is -2.04. The molecule has 0 radical (unpaired) electrons. The standard InChI is InChI=1S/C14H15N3O3S/c1-11-9-13(20-17-11)10-16-21(18,19)14-6-4-12(5-7-14)3-2-8-15/h4-7,9,16H,8,10,15H2,1H3. The summed E-state index contributed by atoms with van der Waals surface area (Å²) in [6.45, 7) is 2.08. The molecule has 0 saturated heterocycles. The first-order valence-electron chi connectivity index (χ1n) is 6.22. The Kier molecular flexibility index (Phi) is 4.75. The van der Waals surface area contributed by atoms with Crippen LogP contribution in [0.2, 0.25) is 0 Å². The van der Waals surface area contributed by atoms with Crippen molar-refractivity contribution >= 4 is 10.0 Å². The molecule has 0 saturated carbocycles. The van der Waals surface area contributed by atoms with Gasteiger partial charge in [-0.25, -0.2) is 13.1 Å². The van der Waals surface area contributed by atoms with Crippen LogP contribution < -0.4 is 10.5 Å². The second-order valence-electron chi connectivity index (χ2n) is 4.29. The number of aryl methyl sites for hydroxylation is 1. The van der Waals surface area contributed by atoms with Crippen molar-refractivity contribution in [2.24, 2.45) is 5.73 Å². The Balaban J connectivity index is 2.08. The Hall–Kier alpha value is -2.14. The molecule has 0 aliphatic heterocycles. The molecular weight excluding hydrogens is 290 g/mol. The summed E-state index contributed by atoms with van der Waals surface area (Å²) in [6, 6.07) is 7.93. The van der Waals surface area contributed by atoms with Gasteiger partial charge in [-0.2, -0.15) is 0 Å². The summed E-state index contributed by atoms with van der Waals surface area (Å²) in [6.07, 6.45) is 0. The Morgan fingerprint density at radius 2 is 2.05 bits per heavy atom. The minimum Gasteiger partial charge on any atom is -0.360 e. The number of nitrogens with zero attached hydrogens (tertiary/aromatic N) is 1. The maximum atomic E-state index is 12.1. The average molecular weight is 305 g/mol. The van der Waals surface area contributed by atoms with Crippen molar-refractivity contribution in [2.75, 3.05) is 6.54 Å². The van der Waals surface area contributed by atoms with E-state index < -0.39 is 10.0 Å². The second-order valence-corrected chi connectivity index (χ2v) is 6.06. The lowest BCUT2D eigenvalue weighted by molar-refractivity contribution is 0.377. The molecule has 0 aliphatic carbocycles. The van der Waals surface area contributed by atoms with Crippen molar-refractivity contribution < 1.29 is 12.9 Å². The van der Waals surface area contributed by atoms with Crippen LogP contribution in [0.4, 0.5) is 0 Å². The van der Waals surface area contributed by atoms with E-state index in [-0.39, 0.29) is 18.0 Å². The van der Waals surface area contributed by atoms with Gasteiger partial charge in [0.2, 0.25) is 10.0 Å². The van der Waals surface area contributed by atoms with E-state index in [1.54, 1.807) is 25.1 Å². The molecule has 6 nitrogen and oxygen atoms in total. The lowest BCUT2D eigenvalue weighted by Crippen LogP contribution is -2.22. The van der Waals surface area contributed by atoms with E-state index in [9.17, 15) is 8.42 Å². The quantitative estimate of drug-likeness (QED) is 0.813. The van der Waals surface area contributed by atoms with Crippen molar-refractivity contribution in [3.63, 3.8) is 0 Å². The highest BCUT2D eigenvalue weighted by Gasteiger charge is 2.14. The zero-order valence-corrected chi connectivity index (χ0v) is 12.3. The van der Waals surface area contributed by atoms with Crippen molar-refractivity contribution in [2.45, 2.75) is 18.4 Å². The van der Waals surface area contributed by atoms with Crippen molar-refractivity contribution in [3.8, 4) is 11.8 Å². The summed E-state index contributed by atoms with van der Waals surface area (Å²) < 4.78 is 31.6. The molecule has 21 heavy (non-hydrogen) atoms. The largest absolute Gasteiger partial charge is 0.360 e. The Bertz CT molecular complexity index is 768. The van der Waals surface area contributed by atoms with E-state index in [2.05, 4.69) is 21.7 Å². The van der Waals surface area contributed by atoms with Crippen LogP contribution in [0.3, 0.4) is 0 Å². The van der Waals surface area contributed by atoms with E-state index in [1.807, 2.05) is 0 Å². The first-order valence-corrected chi connectivity index (χ1v) is 7.70. The molecule has 0 amide bonds. The monoisotopic (exact) mass is 305 g/mol. The van der Waals surface area contributed by atoms with Crippen LogP contribution in [-0.4, -0.2) is 20.1 Å². The van der Waals surface area contributed by atoms with Gasteiger partial charge >= 0.3 is 0 Å². The van der Waals surface area contributed by atoms with Gasteiger partial charge in [-0.15, -0.1) is 0 Å². The number of nitrogens with one attached hydrogen (secondary N) is 1. The lowest BCUT2D eigenvalue weighted by atomic mass is 10.2. The molecule has 0 spiro atoms. The molecule has 2 rings (SSSR count). The molecule has 1 aromatic carbocycles. The Morgan fingerprint density at radius 3 is 2.62 bits per heavy atom. The van der Waals surface area contributed by atoms with Crippen LogP contribution in [0.5, 0.6) is 0 Å². The van der Waals surface area contributed by atoms with E-state index in [0.717, 1.165) is 0 Å². The summed E-state index contributed by atoms with van der Waals surface area (Å²) in [5.41, 5.74) is 6.69. The number of aromatic nitrogens is 1. The van der Waals surface area contributed by atoms with Gasteiger partial charge in [0.1, 0.15) is 0 Å². The first-order chi connectivity index (χ1) is 10.0. The molecule has 110 valence electrons. The predicted molar refractivity (Wildman–Crippen MR) is 77.6 cm³/mol. The molecule has 2 aromatic rings. The van der Waals surface area contributed by atoms with Gasteiger partial charge in [0.05, 0.1) is 23.7 Å². The molecule has 7 heteroatoms. The van der Waals surface area contributed by atoms with Crippen molar-refractivity contribution in [3.05, 3.63) is 47.3 Å². The molecule has 0 fully saturated rings. The highest BCUT2D eigenvalue weighted by Crippen LogP contribution is 2.11. The smallest absolute Gasteiger partial charge is 0.240 e. The van der Waals surface area contributed by atoms with Crippen molar-refractivity contribution in [1.29, 1.82) is 0 Å². The topological polar surface area (TPSA) is 98.2 Å². The fourth-order valence-electron chi connectivity index (χ4n) is 1.62. The number of nitrogens with two attached hydrogens (primary N) is 1. The molecule has 3 N–H and O–H groups in total. The highest BCUT2D eigenvalue weighted by molar-refractivity contribution is 7.89. The highest BCUT2D eigenvalue weighted by atomic mass is 32.2. The number of hydrogen-bond acceptors (Lipinski definition) is 5. The fourth-order valence-corrected chi connectivity index (χ4v) is 2.61. The third-order valence-electron chi connectivity index (χ3n) is 2.61. The zero-order chi connectivity index (χ0) is 15.3. The van der Waals surface area contributed by atoms with Gasteiger partial charge in [0.15, 0.2) is 5.76 Å². The molecule has 1 aromatic heterocycles.